The Kier molecular flexibility index (Phi) is 3.56. The van der Waals surface area contributed by atoms with Gasteiger partial charge in [0, 0.05) is 23.9 Å². The molecule has 1 aliphatic rings. The van der Waals surface area contributed by atoms with E-state index < -0.39 is 0 Å². The standard InChI is InChI=1S/C14H14N2O3S/c1-9-16-11(7-20-9)4-5-15-14(17)10-2-3-12-13(6-10)19-8-18-12/h2-3,6-7H,4-5,8H2,1H3,(H,15,17). The number of nitrogens with zero attached hydrogens (tertiary/aromatic N) is 1. The quantitative estimate of drug-likeness (QED) is 0.937. The third-order valence-corrected chi connectivity index (χ3v) is 3.79. The van der Waals surface area contributed by atoms with E-state index in [-0.39, 0.29) is 12.7 Å². The second-order valence-electron chi connectivity index (χ2n) is 4.43. The van der Waals surface area contributed by atoms with E-state index in [1.807, 2.05) is 12.3 Å². The molecule has 1 N–H and O–H groups in total. The van der Waals surface area contributed by atoms with E-state index in [4.69, 9.17) is 9.47 Å². The monoisotopic (exact) mass is 290 g/mol. The summed E-state index contributed by atoms with van der Waals surface area (Å²) in [6, 6.07) is 5.18. The molecule has 1 aliphatic heterocycles. The zero-order chi connectivity index (χ0) is 13.9. The molecule has 3 rings (SSSR count). The number of thiazole rings is 1. The molecule has 0 bridgehead atoms. The number of nitrogens with one attached hydrogen (secondary N) is 1. The summed E-state index contributed by atoms with van der Waals surface area (Å²) in [6.07, 6.45) is 0.737. The van der Waals surface area contributed by atoms with Gasteiger partial charge in [-0.25, -0.2) is 4.98 Å². The summed E-state index contributed by atoms with van der Waals surface area (Å²) >= 11 is 1.62. The summed E-state index contributed by atoms with van der Waals surface area (Å²) < 4.78 is 10.5. The lowest BCUT2D eigenvalue weighted by Gasteiger charge is -2.05. The molecule has 0 saturated heterocycles. The number of aryl methyl sites for hydroxylation is 1. The second-order valence-corrected chi connectivity index (χ2v) is 5.49. The predicted molar refractivity (Wildman–Crippen MR) is 75.5 cm³/mol. The van der Waals surface area contributed by atoms with Crippen LogP contribution in [0.1, 0.15) is 21.1 Å². The van der Waals surface area contributed by atoms with Crippen LogP contribution in [0.4, 0.5) is 0 Å². The predicted octanol–water partition coefficient (Wildman–Crippen LogP) is 2.15. The van der Waals surface area contributed by atoms with Crippen LogP contribution in [0.5, 0.6) is 11.5 Å². The Morgan fingerprint density at radius 1 is 1.40 bits per heavy atom. The van der Waals surface area contributed by atoms with Crippen LogP contribution in [0.2, 0.25) is 0 Å². The molecule has 0 unspecified atom stereocenters. The maximum Gasteiger partial charge on any atom is 0.251 e. The van der Waals surface area contributed by atoms with Gasteiger partial charge in [0.25, 0.3) is 5.91 Å². The highest BCUT2D eigenvalue weighted by Gasteiger charge is 2.15. The number of ether oxygens (including phenoxy) is 2. The van der Waals surface area contributed by atoms with Crippen LogP contribution in [-0.2, 0) is 6.42 Å². The van der Waals surface area contributed by atoms with Gasteiger partial charge < -0.3 is 14.8 Å². The summed E-state index contributed by atoms with van der Waals surface area (Å²) in [5, 5.41) is 5.94. The molecule has 104 valence electrons. The lowest BCUT2D eigenvalue weighted by Crippen LogP contribution is -2.25. The molecule has 0 aliphatic carbocycles. The van der Waals surface area contributed by atoms with Crippen molar-refractivity contribution in [3.63, 3.8) is 0 Å². The van der Waals surface area contributed by atoms with E-state index >= 15 is 0 Å². The number of amides is 1. The van der Waals surface area contributed by atoms with Gasteiger partial charge in [0.15, 0.2) is 11.5 Å². The smallest absolute Gasteiger partial charge is 0.251 e. The van der Waals surface area contributed by atoms with Crippen LogP contribution in [0.15, 0.2) is 23.6 Å². The first-order valence-electron chi connectivity index (χ1n) is 6.31. The Labute approximate surface area is 120 Å². The Balaban J connectivity index is 1.56. The van der Waals surface area contributed by atoms with E-state index in [0.717, 1.165) is 17.1 Å². The fourth-order valence-electron chi connectivity index (χ4n) is 1.97. The molecule has 2 heterocycles. The van der Waals surface area contributed by atoms with Crippen molar-refractivity contribution in [3.8, 4) is 11.5 Å². The molecule has 5 nitrogen and oxygen atoms in total. The number of hydrogen-bond donors (Lipinski definition) is 1. The number of fused-ring (bicyclic) bond motifs is 1. The van der Waals surface area contributed by atoms with Crippen molar-refractivity contribution in [3.05, 3.63) is 39.8 Å². The third-order valence-electron chi connectivity index (χ3n) is 2.97. The Morgan fingerprint density at radius 3 is 3.05 bits per heavy atom. The molecule has 2 aromatic rings. The van der Waals surface area contributed by atoms with Crippen LogP contribution >= 0.6 is 11.3 Å². The molecular weight excluding hydrogens is 276 g/mol. The number of aromatic nitrogens is 1. The van der Waals surface area contributed by atoms with Gasteiger partial charge in [-0.2, -0.15) is 0 Å². The highest BCUT2D eigenvalue weighted by atomic mass is 32.1. The molecule has 0 spiro atoms. The lowest BCUT2D eigenvalue weighted by atomic mass is 10.2. The molecule has 1 aromatic heterocycles. The SMILES string of the molecule is Cc1nc(CCNC(=O)c2ccc3c(c2)OCO3)cs1. The summed E-state index contributed by atoms with van der Waals surface area (Å²) in [5.41, 5.74) is 1.59. The van der Waals surface area contributed by atoms with Crippen LogP contribution in [-0.4, -0.2) is 24.2 Å². The van der Waals surface area contributed by atoms with Crippen molar-refractivity contribution in [2.45, 2.75) is 13.3 Å². The number of rotatable bonds is 4. The molecule has 1 aromatic carbocycles. The molecular formula is C14H14N2O3S. The highest BCUT2D eigenvalue weighted by Crippen LogP contribution is 2.32. The van der Waals surface area contributed by atoms with Gasteiger partial charge in [0.05, 0.1) is 10.7 Å². The summed E-state index contributed by atoms with van der Waals surface area (Å²) in [4.78, 5) is 16.4. The number of hydrogen-bond acceptors (Lipinski definition) is 5. The zero-order valence-corrected chi connectivity index (χ0v) is 11.8. The highest BCUT2D eigenvalue weighted by molar-refractivity contribution is 7.09. The van der Waals surface area contributed by atoms with Gasteiger partial charge >= 0.3 is 0 Å². The van der Waals surface area contributed by atoms with Gasteiger partial charge in [0.1, 0.15) is 0 Å². The largest absolute Gasteiger partial charge is 0.454 e. The zero-order valence-electron chi connectivity index (χ0n) is 11.0. The van der Waals surface area contributed by atoms with Crippen molar-refractivity contribution in [2.75, 3.05) is 13.3 Å². The molecule has 0 fully saturated rings. The van der Waals surface area contributed by atoms with Crippen molar-refractivity contribution < 1.29 is 14.3 Å². The third kappa shape index (κ3) is 2.75. The second kappa shape index (κ2) is 5.50. The Morgan fingerprint density at radius 2 is 2.25 bits per heavy atom. The maximum absolute atomic E-state index is 12.0. The molecule has 6 heteroatoms. The van der Waals surface area contributed by atoms with Crippen molar-refractivity contribution >= 4 is 17.2 Å². The minimum atomic E-state index is -0.116. The summed E-state index contributed by atoms with van der Waals surface area (Å²) in [5.74, 6) is 1.18. The first kappa shape index (κ1) is 12.9. The van der Waals surface area contributed by atoms with E-state index in [1.165, 1.54) is 0 Å². The topological polar surface area (TPSA) is 60.5 Å². The molecule has 0 atom stereocenters. The maximum atomic E-state index is 12.0. The summed E-state index contributed by atoms with van der Waals surface area (Å²) in [6.45, 7) is 2.75. The van der Waals surface area contributed by atoms with Crippen LogP contribution < -0.4 is 14.8 Å². The van der Waals surface area contributed by atoms with E-state index in [9.17, 15) is 4.79 Å². The van der Waals surface area contributed by atoms with E-state index in [1.54, 1.807) is 29.5 Å². The van der Waals surface area contributed by atoms with Crippen molar-refractivity contribution in [1.29, 1.82) is 0 Å². The van der Waals surface area contributed by atoms with Crippen molar-refractivity contribution in [2.24, 2.45) is 0 Å². The number of carbonyl (C=O) groups excluding carboxylic acids is 1. The summed E-state index contributed by atoms with van der Waals surface area (Å²) in [7, 11) is 0. The first-order valence-corrected chi connectivity index (χ1v) is 7.19. The van der Waals surface area contributed by atoms with Crippen LogP contribution in [0.25, 0.3) is 0 Å². The normalized spacial score (nSPS) is 12.4. The number of benzene rings is 1. The van der Waals surface area contributed by atoms with Crippen molar-refractivity contribution in [1.82, 2.24) is 10.3 Å². The Bertz CT molecular complexity index is 639. The van der Waals surface area contributed by atoms with Gasteiger partial charge in [-0.1, -0.05) is 0 Å². The lowest BCUT2D eigenvalue weighted by molar-refractivity contribution is 0.0953. The molecule has 1 amide bonds. The average molecular weight is 290 g/mol. The minimum Gasteiger partial charge on any atom is -0.454 e. The van der Waals surface area contributed by atoms with Gasteiger partial charge in [0.2, 0.25) is 6.79 Å². The van der Waals surface area contributed by atoms with Gasteiger partial charge in [-0.05, 0) is 25.1 Å². The van der Waals surface area contributed by atoms with Gasteiger partial charge in [-0.15, -0.1) is 11.3 Å². The molecule has 0 saturated carbocycles. The molecule has 20 heavy (non-hydrogen) atoms. The minimum absolute atomic E-state index is 0.116. The van der Waals surface area contributed by atoms with Crippen LogP contribution in [0, 0.1) is 6.92 Å². The van der Waals surface area contributed by atoms with E-state index in [2.05, 4.69) is 10.3 Å². The van der Waals surface area contributed by atoms with Gasteiger partial charge in [-0.3, -0.25) is 4.79 Å². The fraction of sp³-hybridized carbons (Fsp3) is 0.286. The Hall–Kier alpha value is -2.08. The van der Waals surface area contributed by atoms with Crippen LogP contribution in [0.3, 0.4) is 0 Å². The molecule has 0 radical (unpaired) electrons. The average Bonchev–Trinajstić information content (AvgIpc) is 3.06. The fourth-order valence-corrected chi connectivity index (χ4v) is 2.61. The first-order chi connectivity index (χ1) is 9.72. The van der Waals surface area contributed by atoms with E-state index in [0.29, 0.717) is 23.6 Å². The number of carbonyl (C=O) groups is 1.